The van der Waals surface area contributed by atoms with Gasteiger partial charge in [-0.15, -0.1) is 12.4 Å². The summed E-state index contributed by atoms with van der Waals surface area (Å²) in [5.41, 5.74) is 9.59. The molecule has 0 aromatic heterocycles. The van der Waals surface area contributed by atoms with Crippen LogP contribution < -0.4 is 5.73 Å². The molecule has 2 aromatic carbocycles. The molecule has 3 nitrogen and oxygen atoms in total. The second kappa shape index (κ2) is 9.45. The first-order valence-corrected chi connectivity index (χ1v) is 8.10. The molecule has 1 amide bonds. The number of nitrogens with two attached hydrogens (primary N) is 1. The first kappa shape index (κ1) is 20.2. The topological polar surface area (TPSA) is 46.3 Å². The molecule has 2 N–H and O–H groups in total. The molecular formula is C20H27ClN2O. The minimum Gasteiger partial charge on any atom is -0.340 e. The zero-order valence-electron chi connectivity index (χ0n) is 14.6. The normalized spacial score (nSPS) is 11.7. The summed E-state index contributed by atoms with van der Waals surface area (Å²) in [4.78, 5) is 14.1. The van der Waals surface area contributed by atoms with Gasteiger partial charge in [-0.25, -0.2) is 0 Å². The third-order valence-corrected chi connectivity index (χ3v) is 4.06. The van der Waals surface area contributed by atoms with Crippen LogP contribution in [0.4, 0.5) is 0 Å². The first-order valence-electron chi connectivity index (χ1n) is 8.10. The van der Waals surface area contributed by atoms with Crippen molar-refractivity contribution in [2.24, 2.45) is 5.73 Å². The number of halogens is 1. The van der Waals surface area contributed by atoms with Crippen molar-refractivity contribution in [3.05, 3.63) is 71.3 Å². The zero-order chi connectivity index (χ0) is 16.8. The molecule has 0 aliphatic heterocycles. The molecule has 0 fully saturated rings. The second-order valence-corrected chi connectivity index (χ2v) is 6.39. The quantitative estimate of drug-likeness (QED) is 0.865. The molecule has 2 aromatic rings. The Kier molecular flexibility index (Phi) is 7.96. The average molecular weight is 347 g/mol. The molecule has 24 heavy (non-hydrogen) atoms. The van der Waals surface area contributed by atoms with Gasteiger partial charge in [0.2, 0.25) is 5.91 Å². The van der Waals surface area contributed by atoms with Gasteiger partial charge in [0.25, 0.3) is 0 Å². The minimum atomic E-state index is -0.502. The summed E-state index contributed by atoms with van der Waals surface area (Å²) < 4.78 is 0. The smallest absolute Gasteiger partial charge is 0.239 e. The number of rotatable bonds is 6. The van der Waals surface area contributed by atoms with E-state index in [1.165, 1.54) is 5.56 Å². The number of hydrogen-bond acceptors (Lipinski definition) is 2. The Morgan fingerprint density at radius 3 is 2.12 bits per heavy atom. The summed E-state index contributed by atoms with van der Waals surface area (Å²) in [5.74, 6) is 0.490. The Bertz CT molecular complexity index is 626. The molecule has 0 aliphatic carbocycles. The Labute approximate surface area is 151 Å². The number of hydrogen-bond donors (Lipinski definition) is 1. The highest BCUT2D eigenvalue weighted by Crippen LogP contribution is 2.15. The summed E-state index contributed by atoms with van der Waals surface area (Å²) in [6, 6.07) is 17.8. The van der Waals surface area contributed by atoms with Crippen LogP contribution in [-0.2, 0) is 17.8 Å². The van der Waals surface area contributed by atoms with Crippen LogP contribution in [0.25, 0.3) is 0 Å². The predicted octanol–water partition coefficient (Wildman–Crippen LogP) is 3.76. The van der Waals surface area contributed by atoms with E-state index in [9.17, 15) is 4.79 Å². The van der Waals surface area contributed by atoms with Crippen molar-refractivity contribution in [2.75, 3.05) is 7.05 Å². The summed E-state index contributed by atoms with van der Waals surface area (Å²) in [6.07, 6.45) is 0.566. The molecule has 1 atom stereocenters. The van der Waals surface area contributed by atoms with Crippen molar-refractivity contribution in [1.29, 1.82) is 0 Å². The Hall–Kier alpha value is -1.84. The van der Waals surface area contributed by atoms with Gasteiger partial charge in [-0.1, -0.05) is 68.4 Å². The Balaban J connectivity index is 0.00000288. The van der Waals surface area contributed by atoms with Gasteiger partial charge in [-0.05, 0) is 29.0 Å². The van der Waals surface area contributed by atoms with E-state index in [0.717, 1.165) is 11.1 Å². The van der Waals surface area contributed by atoms with Crippen LogP contribution in [-0.4, -0.2) is 23.9 Å². The van der Waals surface area contributed by atoms with Crippen molar-refractivity contribution < 1.29 is 4.79 Å². The van der Waals surface area contributed by atoms with Gasteiger partial charge in [0.05, 0.1) is 6.04 Å². The molecular weight excluding hydrogens is 320 g/mol. The van der Waals surface area contributed by atoms with Crippen LogP contribution >= 0.6 is 12.4 Å². The molecule has 0 heterocycles. The van der Waals surface area contributed by atoms with Crippen LogP contribution in [0.15, 0.2) is 54.6 Å². The fraction of sp³-hybridized carbons (Fsp3) is 0.350. The lowest BCUT2D eigenvalue weighted by Gasteiger charge is -2.22. The number of carbonyl (C=O) groups excluding carboxylic acids is 1. The van der Waals surface area contributed by atoms with E-state index >= 15 is 0 Å². The van der Waals surface area contributed by atoms with Gasteiger partial charge in [-0.2, -0.15) is 0 Å². The second-order valence-electron chi connectivity index (χ2n) is 6.39. The highest BCUT2D eigenvalue weighted by molar-refractivity contribution is 5.85. The molecule has 0 bridgehead atoms. The van der Waals surface area contributed by atoms with E-state index in [4.69, 9.17) is 5.73 Å². The molecule has 4 heteroatoms. The van der Waals surface area contributed by atoms with E-state index in [2.05, 4.69) is 38.1 Å². The van der Waals surface area contributed by atoms with E-state index < -0.39 is 6.04 Å². The van der Waals surface area contributed by atoms with Crippen molar-refractivity contribution in [3.63, 3.8) is 0 Å². The van der Waals surface area contributed by atoms with Crippen molar-refractivity contribution in [1.82, 2.24) is 4.90 Å². The first-order chi connectivity index (χ1) is 11.0. The largest absolute Gasteiger partial charge is 0.340 e. The van der Waals surface area contributed by atoms with Gasteiger partial charge < -0.3 is 10.6 Å². The molecule has 2 rings (SSSR count). The summed E-state index contributed by atoms with van der Waals surface area (Å²) in [6.45, 7) is 4.93. The number of benzene rings is 2. The highest BCUT2D eigenvalue weighted by Gasteiger charge is 2.18. The third kappa shape index (κ3) is 5.66. The van der Waals surface area contributed by atoms with Gasteiger partial charge in [0.1, 0.15) is 0 Å². The molecule has 0 aliphatic rings. The van der Waals surface area contributed by atoms with Crippen molar-refractivity contribution in [3.8, 4) is 0 Å². The fourth-order valence-electron chi connectivity index (χ4n) is 2.60. The SMILES string of the molecule is CC(C)c1ccc(CN(C)C(=O)[C@@H](N)Cc2ccccc2)cc1.Cl. The number of likely N-dealkylation sites (N-methyl/N-ethyl adjacent to an activating group) is 1. The lowest BCUT2D eigenvalue weighted by molar-refractivity contribution is -0.131. The van der Waals surface area contributed by atoms with Crippen molar-refractivity contribution >= 4 is 18.3 Å². The van der Waals surface area contributed by atoms with Gasteiger partial charge in [-0.3, -0.25) is 4.79 Å². The van der Waals surface area contributed by atoms with E-state index in [0.29, 0.717) is 18.9 Å². The highest BCUT2D eigenvalue weighted by atomic mass is 35.5. The summed E-state index contributed by atoms with van der Waals surface area (Å²) in [7, 11) is 1.81. The summed E-state index contributed by atoms with van der Waals surface area (Å²) in [5, 5.41) is 0. The molecule has 0 spiro atoms. The van der Waals surface area contributed by atoms with Crippen LogP contribution in [0.3, 0.4) is 0 Å². The standard InChI is InChI=1S/C20H26N2O.ClH/c1-15(2)18-11-9-17(10-12-18)14-22(3)20(23)19(21)13-16-7-5-4-6-8-16;/h4-12,15,19H,13-14,21H2,1-3H3;1H/t19-;/m0./s1. The molecule has 0 saturated carbocycles. The molecule has 0 saturated heterocycles. The minimum absolute atomic E-state index is 0. The van der Waals surface area contributed by atoms with E-state index in [-0.39, 0.29) is 18.3 Å². The average Bonchev–Trinajstić information content (AvgIpc) is 2.55. The fourth-order valence-corrected chi connectivity index (χ4v) is 2.60. The van der Waals surface area contributed by atoms with E-state index in [1.54, 1.807) is 4.90 Å². The number of carbonyl (C=O) groups is 1. The zero-order valence-corrected chi connectivity index (χ0v) is 15.4. The summed E-state index contributed by atoms with van der Waals surface area (Å²) >= 11 is 0. The van der Waals surface area contributed by atoms with Crippen molar-refractivity contribution in [2.45, 2.75) is 38.8 Å². The predicted molar refractivity (Wildman–Crippen MR) is 102 cm³/mol. The number of nitrogens with zero attached hydrogens (tertiary/aromatic N) is 1. The van der Waals surface area contributed by atoms with Crippen LogP contribution in [0.2, 0.25) is 0 Å². The maximum absolute atomic E-state index is 12.4. The maximum Gasteiger partial charge on any atom is 0.239 e. The van der Waals surface area contributed by atoms with Crippen LogP contribution in [0.5, 0.6) is 0 Å². The molecule has 130 valence electrons. The van der Waals surface area contributed by atoms with Gasteiger partial charge in [0.15, 0.2) is 0 Å². The molecule has 0 unspecified atom stereocenters. The van der Waals surface area contributed by atoms with Gasteiger partial charge in [0, 0.05) is 13.6 Å². The molecule has 0 radical (unpaired) electrons. The monoisotopic (exact) mass is 346 g/mol. The van der Waals surface area contributed by atoms with Crippen LogP contribution in [0, 0.1) is 0 Å². The third-order valence-electron chi connectivity index (χ3n) is 4.06. The van der Waals surface area contributed by atoms with E-state index in [1.807, 2.05) is 37.4 Å². The Morgan fingerprint density at radius 1 is 1.00 bits per heavy atom. The lowest BCUT2D eigenvalue weighted by Crippen LogP contribution is -2.42. The number of amides is 1. The van der Waals surface area contributed by atoms with Gasteiger partial charge >= 0.3 is 0 Å². The lowest BCUT2D eigenvalue weighted by atomic mass is 10.0. The Morgan fingerprint density at radius 2 is 1.58 bits per heavy atom. The van der Waals surface area contributed by atoms with Crippen LogP contribution in [0.1, 0.15) is 36.5 Å². The maximum atomic E-state index is 12.4.